The highest BCUT2D eigenvalue weighted by Crippen LogP contribution is 2.33. The molecule has 0 fully saturated rings. The van der Waals surface area contributed by atoms with E-state index in [4.69, 9.17) is 25.8 Å². The SMILES string of the molecule is CCOC(=O)c1c(Cl)nc(C)c(CC(=O)OC)c1OCc1ccccc1. The first-order valence-electron chi connectivity index (χ1n) is 8.07. The number of esters is 2. The molecule has 2 aromatic rings. The molecule has 0 radical (unpaired) electrons. The number of rotatable bonds is 7. The number of aromatic nitrogens is 1. The van der Waals surface area contributed by atoms with Crippen LogP contribution in [0.4, 0.5) is 0 Å². The second-order valence-corrected chi connectivity index (χ2v) is 5.78. The fourth-order valence-electron chi connectivity index (χ4n) is 2.37. The van der Waals surface area contributed by atoms with Crippen LogP contribution in [0.15, 0.2) is 30.3 Å². The van der Waals surface area contributed by atoms with Crippen LogP contribution in [0.3, 0.4) is 0 Å². The smallest absolute Gasteiger partial charge is 0.345 e. The third-order valence-electron chi connectivity index (χ3n) is 3.66. The van der Waals surface area contributed by atoms with Crippen molar-refractivity contribution in [1.29, 1.82) is 0 Å². The van der Waals surface area contributed by atoms with E-state index in [-0.39, 0.29) is 36.1 Å². The number of benzene rings is 1. The van der Waals surface area contributed by atoms with E-state index in [2.05, 4.69) is 4.98 Å². The molecular formula is C19H20ClNO5. The number of carbonyl (C=O) groups is 2. The van der Waals surface area contributed by atoms with Crippen molar-refractivity contribution in [3.05, 3.63) is 57.9 Å². The van der Waals surface area contributed by atoms with Gasteiger partial charge in [-0.15, -0.1) is 0 Å². The van der Waals surface area contributed by atoms with Gasteiger partial charge in [0.2, 0.25) is 0 Å². The maximum absolute atomic E-state index is 12.4. The molecule has 1 heterocycles. The maximum Gasteiger partial charge on any atom is 0.345 e. The summed E-state index contributed by atoms with van der Waals surface area (Å²) < 4.78 is 15.7. The number of hydrogen-bond donors (Lipinski definition) is 0. The van der Waals surface area contributed by atoms with Crippen LogP contribution in [0.25, 0.3) is 0 Å². The Bertz CT molecular complexity index is 792. The van der Waals surface area contributed by atoms with Gasteiger partial charge in [0.1, 0.15) is 23.1 Å². The summed E-state index contributed by atoms with van der Waals surface area (Å²) in [7, 11) is 1.29. The third-order valence-corrected chi connectivity index (χ3v) is 3.94. The Morgan fingerprint density at radius 3 is 2.50 bits per heavy atom. The second-order valence-electron chi connectivity index (χ2n) is 5.42. The summed E-state index contributed by atoms with van der Waals surface area (Å²) in [5.41, 5.74) is 1.84. The molecule has 0 spiro atoms. The fourth-order valence-corrected chi connectivity index (χ4v) is 2.66. The van der Waals surface area contributed by atoms with Gasteiger partial charge in [0.25, 0.3) is 0 Å². The molecule has 0 atom stereocenters. The van der Waals surface area contributed by atoms with Gasteiger partial charge >= 0.3 is 11.9 Å². The number of aryl methyl sites for hydroxylation is 1. The van der Waals surface area contributed by atoms with Gasteiger partial charge in [-0.3, -0.25) is 4.79 Å². The Balaban J connectivity index is 2.49. The van der Waals surface area contributed by atoms with E-state index in [0.29, 0.717) is 11.3 Å². The lowest BCUT2D eigenvalue weighted by Crippen LogP contribution is -2.15. The van der Waals surface area contributed by atoms with E-state index in [1.165, 1.54) is 7.11 Å². The Morgan fingerprint density at radius 1 is 1.19 bits per heavy atom. The van der Waals surface area contributed by atoms with Crippen LogP contribution in [0.1, 0.15) is 34.1 Å². The zero-order valence-corrected chi connectivity index (χ0v) is 15.6. The molecular weight excluding hydrogens is 358 g/mol. The molecule has 0 aliphatic heterocycles. The summed E-state index contributed by atoms with van der Waals surface area (Å²) in [5, 5.41) is -0.0300. The molecule has 26 heavy (non-hydrogen) atoms. The summed E-state index contributed by atoms with van der Waals surface area (Å²) >= 11 is 6.18. The molecule has 0 aliphatic carbocycles. The van der Waals surface area contributed by atoms with Crippen LogP contribution < -0.4 is 4.74 Å². The van der Waals surface area contributed by atoms with Gasteiger partial charge < -0.3 is 14.2 Å². The van der Waals surface area contributed by atoms with Gasteiger partial charge in [0.15, 0.2) is 0 Å². The number of ether oxygens (including phenoxy) is 3. The van der Waals surface area contributed by atoms with E-state index in [0.717, 1.165) is 5.56 Å². The van der Waals surface area contributed by atoms with Crippen molar-refractivity contribution in [3.63, 3.8) is 0 Å². The van der Waals surface area contributed by atoms with Crippen molar-refractivity contribution in [3.8, 4) is 5.75 Å². The van der Waals surface area contributed by atoms with Crippen LogP contribution in [-0.4, -0.2) is 30.6 Å². The lowest BCUT2D eigenvalue weighted by atomic mass is 10.1. The first kappa shape index (κ1) is 19.7. The van der Waals surface area contributed by atoms with Gasteiger partial charge in [-0.1, -0.05) is 41.9 Å². The number of carbonyl (C=O) groups excluding carboxylic acids is 2. The van der Waals surface area contributed by atoms with E-state index >= 15 is 0 Å². The fraction of sp³-hybridized carbons (Fsp3) is 0.316. The molecule has 1 aromatic carbocycles. The number of halogens is 1. The number of methoxy groups -OCH3 is 1. The van der Waals surface area contributed by atoms with Crippen molar-refractivity contribution in [1.82, 2.24) is 4.98 Å². The van der Waals surface area contributed by atoms with Gasteiger partial charge in [-0.25, -0.2) is 9.78 Å². The topological polar surface area (TPSA) is 74.7 Å². The molecule has 0 saturated carbocycles. The Labute approximate surface area is 157 Å². The first-order chi connectivity index (χ1) is 12.5. The predicted molar refractivity (Wildman–Crippen MR) is 96.4 cm³/mol. The molecule has 0 N–H and O–H groups in total. The zero-order chi connectivity index (χ0) is 19.1. The van der Waals surface area contributed by atoms with Crippen LogP contribution in [0.2, 0.25) is 5.15 Å². The van der Waals surface area contributed by atoms with E-state index in [1.807, 2.05) is 30.3 Å². The lowest BCUT2D eigenvalue weighted by Gasteiger charge is -2.17. The Morgan fingerprint density at radius 2 is 1.88 bits per heavy atom. The van der Waals surface area contributed by atoms with Crippen LogP contribution in [0.5, 0.6) is 5.75 Å². The molecule has 0 bridgehead atoms. The Hall–Kier alpha value is -2.60. The largest absolute Gasteiger partial charge is 0.488 e. The molecule has 0 saturated heterocycles. The van der Waals surface area contributed by atoms with E-state index < -0.39 is 11.9 Å². The summed E-state index contributed by atoms with van der Waals surface area (Å²) in [6, 6.07) is 9.43. The van der Waals surface area contributed by atoms with Gasteiger partial charge in [0.05, 0.1) is 20.1 Å². The van der Waals surface area contributed by atoms with Gasteiger partial charge in [0, 0.05) is 11.3 Å². The molecule has 0 amide bonds. The predicted octanol–water partition coefficient (Wildman–Crippen LogP) is 3.51. The van der Waals surface area contributed by atoms with Crippen molar-refractivity contribution < 1.29 is 23.8 Å². The van der Waals surface area contributed by atoms with Crippen LogP contribution in [-0.2, 0) is 27.3 Å². The van der Waals surface area contributed by atoms with Gasteiger partial charge in [-0.05, 0) is 19.4 Å². The highest BCUT2D eigenvalue weighted by atomic mass is 35.5. The monoisotopic (exact) mass is 377 g/mol. The third kappa shape index (κ3) is 4.73. The minimum Gasteiger partial charge on any atom is -0.488 e. The average Bonchev–Trinajstić information content (AvgIpc) is 2.63. The van der Waals surface area contributed by atoms with Crippen LogP contribution >= 0.6 is 11.6 Å². The maximum atomic E-state index is 12.4. The molecule has 1 aromatic heterocycles. The minimum atomic E-state index is -0.654. The van der Waals surface area contributed by atoms with Crippen molar-refractivity contribution in [2.75, 3.05) is 13.7 Å². The number of hydrogen-bond acceptors (Lipinski definition) is 6. The molecule has 6 nitrogen and oxygen atoms in total. The summed E-state index contributed by atoms with van der Waals surface area (Å²) in [5.74, 6) is -0.939. The van der Waals surface area contributed by atoms with Crippen molar-refractivity contribution >= 4 is 23.5 Å². The molecule has 138 valence electrons. The lowest BCUT2D eigenvalue weighted by molar-refractivity contribution is -0.139. The highest BCUT2D eigenvalue weighted by Gasteiger charge is 2.26. The van der Waals surface area contributed by atoms with E-state index in [1.54, 1.807) is 13.8 Å². The van der Waals surface area contributed by atoms with Crippen molar-refractivity contribution in [2.45, 2.75) is 26.9 Å². The molecule has 0 aliphatic rings. The first-order valence-corrected chi connectivity index (χ1v) is 8.45. The molecule has 2 rings (SSSR count). The summed E-state index contributed by atoms with van der Waals surface area (Å²) in [6.07, 6.45) is -0.0942. The normalized spacial score (nSPS) is 10.3. The summed E-state index contributed by atoms with van der Waals surface area (Å²) in [6.45, 7) is 3.75. The number of nitrogens with zero attached hydrogens (tertiary/aromatic N) is 1. The Kier molecular flexibility index (Phi) is 6.97. The minimum absolute atomic E-state index is 0.00829. The quantitative estimate of drug-likeness (QED) is 0.543. The average molecular weight is 378 g/mol. The molecule has 7 heteroatoms. The zero-order valence-electron chi connectivity index (χ0n) is 14.9. The standard InChI is InChI=1S/C19H20ClNO5/c1-4-25-19(23)16-17(26-11-13-8-6-5-7-9-13)14(10-15(22)24-3)12(2)21-18(16)20/h5-9H,4,10-11H2,1-3H3. The van der Waals surface area contributed by atoms with Crippen molar-refractivity contribution in [2.24, 2.45) is 0 Å². The second kappa shape index (κ2) is 9.20. The van der Waals surface area contributed by atoms with E-state index in [9.17, 15) is 9.59 Å². The highest BCUT2D eigenvalue weighted by molar-refractivity contribution is 6.32. The van der Waals surface area contributed by atoms with Gasteiger partial charge in [-0.2, -0.15) is 0 Å². The summed E-state index contributed by atoms with van der Waals surface area (Å²) in [4.78, 5) is 28.3. The van der Waals surface area contributed by atoms with Crippen LogP contribution in [0, 0.1) is 6.92 Å². The number of pyridine rings is 1. The molecule has 0 unspecified atom stereocenters.